The van der Waals surface area contributed by atoms with Gasteiger partial charge in [0.05, 0.1) is 10.9 Å². The molecule has 1 aliphatic heterocycles. The second-order valence-electron chi connectivity index (χ2n) is 5.72. The maximum Gasteiger partial charge on any atom is 0.449 e. The average Bonchev–Trinajstić information content (AvgIpc) is 2.50. The lowest BCUT2D eigenvalue weighted by atomic mass is 9.99. The van der Waals surface area contributed by atoms with Crippen LogP contribution in [0.1, 0.15) is 18.7 Å². The normalized spacial score (nSPS) is 19.2. The van der Waals surface area contributed by atoms with Gasteiger partial charge in [-0.25, -0.2) is 4.98 Å². The van der Waals surface area contributed by atoms with Crippen molar-refractivity contribution in [1.29, 1.82) is 0 Å². The van der Waals surface area contributed by atoms with E-state index in [-0.39, 0.29) is 23.4 Å². The van der Waals surface area contributed by atoms with Crippen LogP contribution in [-0.4, -0.2) is 22.6 Å². The zero-order valence-corrected chi connectivity index (χ0v) is 13.7. The molecular formula is C15H15BrF3N3O. The van der Waals surface area contributed by atoms with E-state index in [0.717, 1.165) is 24.0 Å². The summed E-state index contributed by atoms with van der Waals surface area (Å²) in [4.78, 5) is 16.3. The van der Waals surface area contributed by atoms with Gasteiger partial charge in [-0.15, -0.1) is 0 Å². The third-order valence-corrected chi connectivity index (χ3v) is 4.50. The molecule has 124 valence electrons. The predicted molar refractivity (Wildman–Crippen MR) is 84.3 cm³/mol. The van der Waals surface area contributed by atoms with Crippen LogP contribution in [0.4, 0.5) is 13.2 Å². The van der Waals surface area contributed by atoms with E-state index in [1.165, 1.54) is 12.1 Å². The van der Waals surface area contributed by atoms with Crippen molar-refractivity contribution < 1.29 is 13.2 Å². The number of aromatic nitrogens is 2. The van der Waals surface area contributed by atoms with Crippen molar-refractivity contribution in [3.63, 3.8) is 0 Å². The number of hydrogen-bond donors (Lipinski definition) is 1. The molecule has 0 radical (unpaired) electrons. The molecule has 1 aromatic carbocycles. The predicted octanol–water partition coefficient (Wildman–Crippen LogP) is 3.18. The third kappa shape index (κ3) is 3.42. The van der Waals surface area contributed by atoms with Gasteiger partial charge >= 0.3 is 6.18 Å². The molecule has 1 aliphatic rings. The zero-order valence-electron chi connectivity index (χ0n) is 12.2. The lowest BCUT2D eigenvalue weighted by Gasteiger charge is -2.25. The molecule has 0 amide bonds. The molecule has 0 unspecified atom stereocenters. The van der Waals surface area contributed by atoms with Crippen molar-refractivity contribution in [3.8, 4) is 0 Å². The van der Waals surface area contributed by atoms with Crippen LogP contribution in [0.25, 0.3) is 10.9 Å². The SMILES string of the molecule is O=c1c2cc(Br)ccc2nc(C(F)(F)F)n1C[C@H]1CCCNC1. The first kappa shape index (κ1) is 16.4. The number of piperidine rings is 1. The Balaban J connectivity index is 2.15. The molecular weight excluding hydrogens is 375 g/mol. The van der Waals surface area contributed by atoms with Gasteiger partial charge in [-0.2, -0.15) is 13.2 Å². The first-order valence-electron chi connectivity index (χ1n) is 7.34. The van der Waals surface area contributed by atoms with Crippen molar-refractivity contribution in [3.05, 3.63) is 38.9 Å². The molecule has 1 saturated heterocycles. The topological polar surface area (TPSA) is 46.9 Å². The summed E-state index contributed by atoms with van der Waals surface area (Å²) in [5, 5.41) is 3.35. The summed E-state index contributed by atoms with van der Waals surface area (Å²) < 4.78 is 41.4. The maximum atomic E-state index is 13.3. The molecule has 0 aliphatic carbocycles. The molecule has 1 aromatic heterocycles. The standard InChI is InChI=1S/C15H15BrF3N3O/c16-10-3-4-12-11(6-10)13(23)22(14(21-12)15(17,18)19)8-9-2-1-5-20-7-9/h3-4,6,9,20H,1-2,5,7-8H2/t9-/m0/s1. The average molecular weight is 390 g/mol. The molecule has 2 aromatic rings. The summed E-state index contributed by atoms with van der Waals surface area (Å²) in [6.07, 6.45) is -2.97. The highest BCUT2D eigenvalue weighted by molar-refractivity contribution is 9.10. The number of hydrogen-bond acceptors (Lipinski definition) is 3. The Hall–Kier alpha value is -1.41. The fraction of sp³-hybridized carbons (Fsp3) is 0.467. The molecule has 0 spiro atoms. The molecule has 4 nitrogen and oxygen atoms in total. The van der Waals surface area contributed by atoms with E-state index in [9.17, 15) is 18.0 Å². The number of nitrogens with zero attached hydrogens (tertiary/aromatic N) is 2. The van der Waals surface area contributed by atoms with Crippen LogP contribution < -0.4 is 10.9 Å². The van der Waals surface area contributed by atoms with Gasteiger partial charge in [-0.05, 0) is 50.0 Å². The van der Waals surface area contributed by atoms with Gasteiger partial charge in [0.1, 0.15) is 0 Å². The van der Waals surface area contributed by atoms with Crippen LogP contribution in [-0.2, 0) is 12.7 Å². The van der Waals surface area contributed by atoms with Gasteiger partial charge in [-0.3, -0.25) is 9.36 Å². The quantitative estimate of drug-likeness (QED) is 0.857. The van der Waals surface area contributed by atoms with Gasteiger partial charge in [0.15, 0.2) is 0 Å². The number of alkyl halides is 3. The Morgan fingerprint density at radius 1 is 1.39 bits per heavy atom. The number of rotatable bonds is 2. The second kappa shape index (κ2) is 6.24. The summed E-state index contributed by atoms with van der Waals surface area (Å²) in [5.41, 5.74) is -0.585. The largest absolute Gasteiger partial charge is 0.449 e. The second-order valence-corrected chi connectivity index (χ2v) is 6.64. The Bertz CT molecular complexity index is 782. The van der Waals surface area contributed by atoms with Crippen molar-refractivity contribution in [1.82, 2.24) is 14.9 Å². The van der Waals surface area contributed by atoms with E-state index < -0.39 is 17.6 Å². The Kier molecular flexibility index (Phi) is 4.46. The highest BCUT2D eigenvalue weighted by Crippen LogP contribution is 2.29. The molecule has 0 bridgehead atoms. The van der Waals surface area contributed by atoms with Crippen molar-refractivity contribution in [2.24, 2.45) is 5.92 Å². The van der Waals surface area contributed by atoms with E-state index in [0.29, 0.717) is 11.0 Å². The molecule has 8 heteroatoms. The molecule has 1 N–H and O–H groups in total. The van der Waals surface area contributed by atoms with Crippen molar-refractivity contribution >= 4 is 26.8 Å². The van der Waals surface area contributed by atoms with E-state index >= 15 is 0 Å². The molecule has 1 fully saturated rings. The number of benzene rings is 1. The Morgan fingerprint density at radius 3 is 2.83 bits per heavy atom. The maximum absolute atomic E-state index is 13.3. The molecule has 2 heterocycles. The van der Waals surface area contributed by atoms with Crippen LogP contribution >= 0.6 is 15.9 Å². The molecule has 0 saturated carbocycles. The number of fused-ring (bicyclic) bond motifs is 1. The minimum atomic E-state index is -4.66. The van der Waals surface area contributed by atoms with E-state index in [2.05, 4.69) is 26.2 Å². The van der Waals surface area contributed by atoms with Crippen LogP contribution in [0.5, 0.6) is 0 Å². The van der Waals surface area contributed by atoms with E-state index in [4.69, 9.17) is 0 Å². The van der Waals surface area contributed by atoms with Gasteiger partial charge < -0.3 is 5.32 Å². The highest BCUT2D eigenvalue weighted by Gasteiger charge is 2.37. The number of halogens is 4. The Labute approximate surface area is 138 Å². The summed E-state index contributed by atoms with van der Waals surface area (Å²) in [6.45, 7) is 1.50. The zero-order chi connectivity index (χ0) is 16.6. The smallest absolute Gasteiger partial charge is 0.316 e. The van der Waals surface area contributed by atoms with Crippen molar-refractivity contribution in [2.75, 3.05) is 13.1 Å². The molecule has 3 rings (SSSR count). The number of nitrogens with one attached hydrogen (secondary N) is 1. The lowest BCUT2D eigenvalue weighted by Crippen LogP contribution is -2.37. The fourth-order valence-electron chi connectivity index (χ4n) is 2.92. The summed E-state index contributed by atoms with van der Waals surface area (Å²) in [7, 11) is 0. The van der Waals surface area contributed by atoms with Crippen LogP contribution in [0, 0.1) is 5.92 Å². The highest BCUT2D eigenvalue weighted by atomic mass is 79.9. The molecule has 1 atom stereocenters. The van der Waals surface area contributed by atoms with Gasteiger partial charge in [0.2, 0.25) is 5.82 Å². The summed E-state index contributed by atoms with van der Waals surface area (Å²) >= 11 is 3.24. The van der Waals surface area contributed by atoms with Gasteiger partial charge in [-0.1, -0.05) is 15.9 Å². The summed E-state index contributed by atoms with van der Waals surface area (Å²) in [6, 6.07) is 4.51. The van der Waals surface area contributed by atoms with Crippen LogP contribution in [0.15, 0.2) is 27.5 Å². The first-order valence-corrected chi connectivity index (χ1v) is 8.13. The van der Waals surface area contributed by atoms with Crippen LogP contribution in [0.2, 0.25) is 0 Å². The van der Waals surface area contributed by atoms with Crippen molar-refractivity contribution in [2.45, 2.75) is 25.6 Å². The monoisotopic (exact) mass is 389 g/mol. The molecule has 23 heavy (non-hydrogen) atoms. The van der Waals surface area contributed by atoms with E-state index in [1.807, 2.05) is 0 Å². The Morgan fingerprint density at radius 2 is 2.17 bits per heavy atom. The minimum Gasteiger partial charge on any atom is -0.316 e. The fourth-order valence-corrected chi connectivity index (χ4v) is 3.28. The summed E-state index contributed by atoms with van der Waals surface area (Å²) in [5.74, 6) is -1.13. The van der Waals surface area contributed by atoms with Gasteiger partial charge in [0.25, 0.3) is 5.56 Å². The minimum absolute atomic E-state index is 0.00560. The van der Waals surface area contributed by atoms with Gasteiger partial charge in [0, 0.05) is 11.0 Å². The lowest BCUT2D eigenvalue weighted by molar-refractivity contribution is -0.148. The van der Waals surface area contributed by atoms with Crippen LogP contribution in [0.3, 0.4) is 0 Å². The first-order chi connectivity index (χ1) is 10.9. The third-order valence-electron chi connectivity index (χ3n) is 4.01. The van der Waals surface area contributed by atoms with E-state index in [1.54, 1.807) is 6.07 Å².